The molecule has 0 aliphatic carbocycles. The fourth-order valence-corrected chi connectivity index (χ4v) is 2.91. The zero-order valence-corrected chi connectivity index (χ0v) is 16.8. The molecule has 5 heteroatoms. The van der Waals surface area contributed by atoms with E-state index < -0.39 is 0 Å². The second-order valence-electron chi connectivity index (χ2n) is 6.70. The fourth-order valence-electron chi connectivity index (χ4n) is 2.91. The molecule has 0 radical (unpaired) electrons. The maximum atomic E-state index is 12.2. The van der Waals surface area contributed by atoms with Crippen molar-refractivity contribution in [1.82, 2.24) is 5.32 Å². The predicted molar refractivity (Wildman–Crippen MR) is 112 cm³/mol. The summed E-state index contributed by atoms with van der Waals surface area (Å²) in [7, 11) is 0. The number of carbonyl (C=O) groups excluding carboxylic acids is 2. The Morgan fingerprint density at radius 2 is 1.59 bits per heavy atom. The van der Waals surface area contributed by atoms with E-state index in [1.807, 2.05) is 45.0 Å². The third-order valence-electron chi connectivity index (χ3n) is 4.79. The lowest BCUT2D eigenvalue weighted by atomic mass is 10.1. The maximum absolute atomic E-state index is 12.2. The van der Waals surface area contributed by atoms with Crippen LogP contribution in [0.15, 0.2) is 36.4 Å². The van der Waals surface area contributed by atoms with Crippen LogP contribution in [-0.2, 0) is 4.79 Å². The van der Waals surface area contributed by atoms with Crippen molar-refractivity contribution < 1.29 is 9.59 Å². The van der Waals surface area contributed by atoms with Gasteiger partial charge in [0, 0.05) is 30.0 Å². The molecule has 2 rings (SSSR count). The molecule has 2 N–H and O–H groups in total. The van der Waals surface area contributed by atoms with Crippen LogP contribution in [0.3, 0.4) is 0 Å². The number of nitrogens with zero attached hydrogens (tertiary/aromatic N) is 1. The zero-order chi connectivity index (χ0) is 20.0. The highest BCUT2D eigenvalue weighted by molar-refractivity contribution is 5.99. The highest BCUT2D eigenvalue weighted by atomic mass is 16.2. The summed E-state index contributed by atoms with van der Waals surface area (Å²) < 4.78 is 0. The lowest BCUT2D eigenvalue weighted by Crippen LogP contribution is -2.33. The van der Waals surface area contributed by atoms with E-state index in [4.69, 9.17) is 0 Å². The number of nitrogens with one attached hydrogen (secondary N) is 2. The second-order valence-corrected chi connectivity index (χ2v) is 6.70. The van der Waals surface area contributed by atoms with Crippen molar-refractivity contribution in [3.05, 3.63) is 58.7 Å². The summed E-state index contributed by atoms with van der Waals surface area (Å²) in [5.74, 6) is -0.493. The Hall–Kier alpha value is -2.82. The van der Waals surface area contributed by atoms with Gasteiger partial charge >= 0.3 is 0 Å². The number of rotatable bonds is 7. The molecule has 144 valence electrons. The van der Waals surface area contributed by atoms with Crippen LogP contribution in [-0.4, -0.2) is 31.4 Å². The molecule has 2 aromatic carbocycles. The van der Waals surface area contributed by atoms with Crippen LogP contribution < -0.4 is 15.5 Å². The van der Waals surface area contributed by atoms with Gasteiger partial charge in [0.25, 0.3) is 5.91 Å². The van der Waals surface area contributed by atoms with E-state index in [0.717, 1.165) is 41.2 Å². The number of anilines is 2. The normalized spacial score (nSPS) is 10.4. The Morgan fingerprint density at radius 1 is 0.889 bits per heavy atom. The third kappa shape index (κ3) is 5.33. The Balaban J connectivity index is 1.95. The number of hydrogen-bond donors (Lipinski definition) is 2. The van der Waals surface area contributed by atoms with Crippen LogP contribution >= 0.6 is 0 Å². The summed E-state index contributed by atoms with van der Waals surface area (Å²) in [6.45, 7) is 12.0. The van der Waals surface area contributed by atoms with E-state index in [-0.39, 0.29) is 18.4 Å². The van der Waals surface area contributed by atoms with Crippen molar-refractivity contribution in [3.63, 3.8) is 0 Å². The van der Waals surface area contributed by atoms with E-state index in [2.05, 4.69) is 35.4 Å². The van der Waals surface area contributed by atoms with Gasteiger partial charge in [0.15, 0.2) is 0 Å². The summed E-state index contributed by atoms with van der Waals surface area (Å²) in [6, 6.07) is 11.5. The second kappa shape index (κ2) is 9.21. The Bertz CT molecular complexity index is 826. The minimum atomic E-state index is -0.248. The Labute approximate surface area is 161 Å². The maximum Gasteiger partial charge on any atom is 0.251 e. The van der Waals surface area contributed by atoms with E-state index in [1.165, 1.54) is 0 Å². The number of hydrogen-bond acceptors (Lipinski definition) is 3. The van der Waals surface area contributed by atoms with Crippen molar-refractivity contribution in [1.29, 1.82) is 0 Å². The SMILES string of the molecule is CCN(CC)c1ccc(NC(=O)CNC(=O)c2ccc(C)c(C)c2)c(C)c1. The van der Waals surface area contributed by atoms with E-state index in [0.29, 0.717) is 5.56 Å². The minimum Gasteiger partial charge on any atom is -0.372 e. The molecule has 2 amide bonds. The summed E-state index contributed by atoms with van der Waals surface area (Å²) in [5, 5.41) is 5.54. The first kappa shape index (κ1) is 20.5. The molecule has 0 heterocycles. The monoisotopic (exact) mass is 367 g/mol. The average molecular weight is 367 g/mol. The van der Waals surface area contributed by atoms with Crippen molar-refractivity contribution in [2.24, 2.45) is 0 Å². The number of aryl methyl sites for hydroxylation is 3. The van der Waals surface area contributed by atoms with E-state index in [1.54, 1.807) is 6.07 Å². The highest BCUT2D eigenvalue weighted by Gasteiger charge is 2.11. The third-order valence-corrected chi connectivity index (χ3v) is 4.79. The van der Waals surface area contributed by atoms with Gasteiger partial charge in [-0.25, -0.2) is 0 Å². The Morgan fingerprint density at radius 3 is 2.19 bits per heavy atom. The topological polar surface area (TPSA) is 61.4 Å². The molecule has 0 spiro atoms. The van der Waals surface area contributed by atoms with Gasteiger partial charge in [0.1, 0.15) is 0 Å². The molecule has 5 nitrogen and oxygen atoms in total. The first-order valence-corrected chi connectivity index (χ1v) is 9.36. The Kier molecular flexibility index (Phi) is 6.99. The largest absolute Gasteiger partial charge is 0.372 e. The van der Waals surface area contributed by atoms with Crippen molar-refractivity contribution in [2.75, 3.05) is 29.9 Å². The van der Waals surface area contributed by atoms with Crippen LogP contribution in [0.5, 0.6) is 0 Å². The lowest BCUT2D eigenvalue weighted by Gasteiger charge is -2.22. The smallest absolute Gasteiger partial charge is 0.251 e. The average Bonchev–Trinajstić information content (AvgIpc) is 2.65. The van der Waals surface area contributed by atoms with Gasteiger partial charge in [0.05, 0.1) is 6.54 Å². The fraction of sp³-hybridized carbons (Fsp3) is 0.364. The summed E-state index contributed by atoms with van der Waals surface area (Å²) >= 11 is 0. The molecule has 0 bridgehead atoms. The van der Waals surface area contributed by atoms with Crippen LogP contribution in [0.4, 0.5) is 11.4 Å². The molecule has 0 fully saturated rings. The van der Waals surface area contributed by atoms with Gasteiger partial charge < -0.3 is 15.5 Å². The van der Waals surface area contributed by atoms with Crippen molar-refractivity contribution in [2.45, 2.75) is 34.6 Å². The van der Waals surface area contributed by atoms with Crippen molar-refractivity contribution in [3.8, 4) is 0 Å². The van der Waals surface area contributed by atoms with Gasteiger partial charge in [-0.15, -0.1) is 0 Å². The molecule has 0 saturated heterocycles. The standard InChI is InChI=1S/C22H29N3O2/c1-6-25(7-2)19-10-11-20(17(5)13-19)24-21(26)14-23-22(27)18-9-8-15(3)16(4)12-18/h8-13H,6-7,14H2,1-5H3,(H,23,27)(H,24,26). The lowest BCUT2D eigenvalue weighted by molar-refractivity contribution is -0.115. The molecule has 0 atom stereocenters. The minimum absolute atomic E-state index is 0.0665. The molecular weight excluding hydrogens is 338 g/mol. The summed E-state index contributed by atoms with van der Waals surface area (Å²) in [4.78, 5) is 26.7. The van der Waals surface area contributed by atoms with Gasteiger partial charge in [-0.05, 0) is 81.6 Å². The van der Waals surface area contributed by atoms with Gasteiger partial charge in [-0.2, -0.15) is 0 Å². The zero-order valence-electron chi connectivity index (χ0n) is 16.8. The summed E-state index contributed by atoms with van der Waals surface area (Å²) in [6.07, 6.45) is 0. The molecule has 27 heavy (non-hydrogen) atoms. The van der Waals surface area contributed by atoms with Gasteiger partial charge in [-0.1, -0.05) is 6.07 Å². The van der Waals surface area contributed by atoms with Gasteiger partial charge in [0.2, 0.25) is 5.91 Å². The molecule has 0 saturated carbocycles. The number of carbonyl (C=O) groups is 2. The molecule has 2 aromatic rings. The molecule has 0 aliphatic rings. The van der Waals surface area contributed by atoms with E-state index >= 15 is 0 Å². The number of amides is 2. The first-order valence-electron chi connectivity index (χ1n) is 9.36. The number of benzene rings is 2. The van der Waals surface area contributed by atoms with E-state index in [9.17, 15) is 9.59 Å². The van der Waals surface area contributed by atoms with Crippen LogP contribution in [0.2, 0.25) is 0 Å². The van der Waals surface area contributed by atoms with Crippen molar-refractivity contribution >= 4 is 23.2 Å². The highest BCUT2D eigenvalue weighted by Crippen LogP contribution is 2.22. The molecular formula is C22H29N3O2. The predicted octanol–water partition coefficient (Wildman–Crippen LogP) is 3.83. The van der Waals surface area contributed by atoms with Crippen LogP contribution in [0.25, 0.3) is 0 Å². The van der Waals surface area contributed by atoms with Crippen LogP contribution in [0.1, 0.15) is 40.9 Å². The quantitative estimate of drug-likeness (QED) is 0.782. The first-order chi connectivity index (χ1) is 12.8. The van der Waals surface area contributed by atoms with Gasteiger partial charge in [-0.3, -0.25) is 9.59 Å². The molecule has 0 unspecified atom stereocenters. The molecule has 0 aromatic heterocycles. The molecule has 0 aliphatic heterocycles. The summed E-state index contributed by atoms with van der Waals surface area (Å²) in [5.41, 5.74) is 5.64. The van der Waals surface area contributed by atoms with Crippen LogP contribution in [0, 0.1) is 20.8 Å².